The molecule has 0 aliphatic heterocycles. The van der Waals surface area contributed by atoms with Crippen LogP contribution < -0.4 is 15.8 Å². The first-order valence-electron chi connectivity index (χ1n) is 5.83. The first kappa shape index (κ1) is 14.8. The van der Waals surface area contributed by atoms with Gasteiger partial charge in [-0.05, 0) is 39.0 Å². The van der Waals surface area contributed by atoms with E-state index in [0.29, 0.717) is 23.1 Å². The molecule has 0 heterocycles. The minimum Gasteiger partial charge on any atom is -0.492 e. The lowest BCUT2D eigenvalue weighted by Crippen LogP contribution is -2.36. The number of nitrogens with two attached hydrogens (primary N) is 1. The van der Waals surface area contributed by atoms with Gasteiger partial charge in [0.1, 0.15) is 5.75 Å². The molecular formula is C13H19ClN2O2. The monoisotopic (exact) mass is 270 g/mol. The van der Waals surface area contributed by atoms with Crippen molar-refractivity contribution in [3.8, 4) is 5.75 Å². The maximum atomic E-state index is 11.7. The summed E-state index contributed by atoms with van der Waals surface area (Å²) in [6.45, 7) is 6.04. The van der Waals surface area contributed by atoms with Gasteiger partial charge in [-0.2, -0.15) is 0 Å². The van der Waals surface area contributed by atoms with Crippen molar-refractivity contribution in [2.45, 2.75) is 32.7 Å². The molecule has 0 aromatic heterocycles. The smallest absolute Gasteiger partial charge is 0.226 e. The molecule has 1 aromatic carbocycles. The molecule has 1 amide bonds. The van der Waals surface area contributed by atoms with Crippen LogP contribution in [0.4, 0.5) is 5.69 Å². The number of hydrogen-bond donors (Lipinski definition) is 2. The second kappa shape index (κ2) is 6.07. The second-order valence-electron chi connectivity index (χ2n) is 4.79. The average molecular weight is 271 g/mol. The predicted octanol–water partition coefficient (Wildman–Crippen LogP) is 2.80. The van der Waals surface area contributed by atoms with Gasteiger partial charge in [-0.3, -0.25) is 4.79 Å². The largest absolute Gasteiger partial charge is 0.492 e. The summed E-state index contributed by atoms with van der Waals surface area (Å²) < 4.78 is 5.31. The van der Waals surface area contributed by atoms with E-state index in [4.69, 9.17) is 22.1 Å². The lowest BCUT2D eigenvalue weighted by atomic mass is 10.0. The number of ether oxygens (including phenoxy) is 1. The molecule has 0 atom stereocenters. The summed E-state index contributed by atoms with van der Waals surface area (Å²) in [5.41, 5.74) is 5.88. The van der Waals surface area contributed by atoms with Crippen molar-refractivity contribution in [1.29, 1.82) is 0 Å². The molecule has 18 heavy (non-hydrogen) atoms. The van der Waals surface area contributed by atoms with Crippen LogP contribution in [-0.2, 0) is 4.79 Å². The lowest BCUT2D eigenvalue weighted by Gasteiger charge is -2.17. The number of nitrogens with one attached hydrogen (secondary N) is 1. The molecule has 1 rings (SSSR count). The van der Waals surface area contributed by atoms with E-state index in [1.807, 2.05) is 6.92 Å². The van der Waals surface area contributed by atoms with Crippen LogP contribution in [-0.4, -0.2) is 18.1 Å². The predicted molar refractivity (Wildman–Crippen MR) is 74.1 cm³/mol. The topological polar surface area (TPSA) is 64.3 Å². The highest BCUT2D eigenvalue weighted by Crippen LogP contribution is 2.27. The number of rotatable bonds is 5. The highest BCUT2D eigenvalue weighted by molar-refractivity contribution is 6.32. The van der Waals surface area contributed by atoms with Crippen molar-refractivity contribution >= 4 is 23.2 Å². The van der Waals surface area contributed by atoms with Crippen molar-refractivity contribution < 1.29 is 9.53 Å². The van der Waals surface area contributed by atoms with E-state index >= 15 is 0 Å². The maximum absolute atomic E-state index is 11.7. The number of hydrogen-bond acceptors (Lipinski definition) is 3. The maximum Gasteiger partial charge on any atom is 0.226 e. The normalized spacial score (nSPS) is 11.2. The van der Waals surface area contributed by atoms with Gasteiger partial charge in [-0.25, -0.2) is 0 Å². The van der Waals surface area contributed by atoms with Gasteiger partial charge >= 0.3 is 0 Å². The molecule has 0 unspecified atom stereocenters. The van der Waals surface area contributed by atoms with Gasteiger partial charge in [-0.1, -0.05) is 11.6 Å². The first-order chi connectivity index (χ1) is 8.31. The van der Waals surface area contributed by atoms with Crippen LogP contribution in [0.25, 0.3) is 0 Å². The minimum atomic E-state index is -0.529. The molecule has 0 radical (unpaired) electrons. The van der Waals surface area contributed by atoms with Gasteiger partial charge in [0.2, 0.25) is 5.91 Å². The van der Waals surface area contributed by atoms with Crippen LogP contribution in [0.2, 0.25) is 5.02 Å². The van der Waals surface area contributed by atoms with Gasteiger partial charge in [0, 0.05) is 17.6 Å². The van der Waals surface area contributed by atoms with Crippen LogP contribution in [0, 0.1) is 0 Å². The third-order valence-corrected chi connectivity index (χ3v) is 2.43. The number of amides is 1. The van der Waals surface area contributed by atoms with Crippen molar-refractivity contribution in [3.63, 3.8) is 0 Å². The van der Waals surface area contributed by atoms with Crippen LogP contribution in [0.1, 0.15) is 27.2 Å². The van der Waals surface area contributed by atoms with Gasteiger partial charge in [-0.15, -0.1) is 0 Å². The van der Waals surface area contributed by atoms with Gasteiger partial charge in [0.15, 0.2) is 0 Å². The standard InChI is InChI=1S/C13H19ClN2O2/c1-4-18-11-6-5-9(7-10(11)14)16-12(17)8-13(2,3)15/h5-7H,4,8,15H2,1-3H3,(H,16,17). The highest BCUT2D eigenvalue weighted by atomic mass is 35.5. The Morgan fingerprint density at radius 1 is 1.50 bits per heavy atom. The molecule has 4 nitrogen and oxygen atoms in total. The molecule has 100 valence electrons. The van der Waals surface area contributed by atoms with Crippen LogP contribution >= 0.6 is 11.6 Å². The third-order valence-electron chi connectivity index (χ3n) is 2.13. The van der Waals surface area contributed by atoms with E-state index in [9.17, 15) is 4.79 Å². The Morgan fingerprint density at radius 3 is 2.67 bits per heavy atom. The van der Waals surface area contributed by atoms with E-state index in [1.165, 1.54) is 0 Å². The van der Waals surface area contributed by atoms with Gasteiger partial charge < -0.3 is 15.8 Å². The number of carbonyl (C=O) groups is 1. The summed E-state index contributed by atoms with van der Waals surface area (Å²) in [7, 11) is 0. The molecule has 5 heteroatoms. The number of carbonyl (C=O) groups excluding carboxylic acids is 1. The van der Waals surface area contributed by atoms with Crippen LogP contribution in [0.15, 0.2) is 18.2 Å². The molecule has 1 aromatic rings. The van der Waals surface area contributed by atoms with E-state index in [2.05, 4.69) is 5.32 Å². The number of anilines is 1. The average Bonchev–Trinajstić information content (AvgIpc) is 2.19. The Kier molecular flexibility index (Phi) is 4.99. The minimum absolute atomic E-state index is 0.136. The fraction of sp³-hybridized carbons (Fsp3) is 0.462. The first-order valence-corrected chi connectivity index (χ1v) is 6.20. The van der Waals surface area contributed by atoms with Crippen LogP contribution in [0.3, 0.4) is 0 Å². The molecule has 0 bridgehead atoms. The highest BCUT2D eigenvalue weighted by Gasteiger charge is 2.16. The summed E-state index contributed by atoms with van der Waals surface area (Å²) in [5.74, 6) is 0.471. The number of benzene rings is 1. The Hall–Kier alpha value is -1.26. The van der Waals surface area contributed by atoms with Crippen molar-refractivity contribution in [1.82, 2.24) is 0 Å². The zero-order valence-corrected chi connectivity index (χ0v) is 11.7. The molecule has 0 saturated heterocycles. The van der Waals surface area contributed by atoms with Crippen molar-refractivity contribution in [2.24, 2.45) is 5.73 Å². The summed E-state index contributed by atoms with van der Waals surface area (Å²) in [5, 5.41) is 3.22. The molecule has 0 spiro atoms. The van der Waals surface area contributed by atoms with Gasteiger partial charge in [0.05, 0.1) is 11.6 Å². The zero-order chi connectivity index (χ0) is 13.8. The van der Waals surface area contributed by atoms with Crippen molar-refractivity contribution in [3.05, 3.63) is 23.2 Å². The summed E-state index contributed by atoms with van der Waals surface area (Å²) in [6, 6.07) is 5.14. The Labute approximate surface area is 112 Å². The molecule has 3 N–H and O–H groups in total. The van der Waals surface area contributed by atoms with Crippen LogP contribution in [0.5, 0.6) is 5.75 Å². The quantitative estimate of drug-likeness (QED) is 0.865. The summed E-state index contributed by atoms with van der Waals surface area (Å²) >= 11 is 6.02. The summed E-state index contributed by atoms with van der Waals surface area (Å²) in [4.78, 5) is 11.7. The van der Waals surface area contributed by atoms with E-state index < -0.39 is 5.54 Å². The number of halogens is 1. The molecule has 0 aliphatic rings. The Balaban J connectivity index is 2.69. The van der Waals surface area contributed by atoms with Gasteiger partial charge in [0.25, 0.3) is 0 Å². The van der Waals surface area contributed by atoms with Crippen molar-refractivity contribution in [2.75, 3.05) is 11.9 Å². The summed E-state index contributed by atoms with van der Waals surface area (Å²) in [6.07, 6.45) is 0.248. The fourth-order valence-corrected chi connectivity index (χ4v) is 1.71. The SMILES string of the molecule is CCOc1ccc(NC(=O)CC(C)(C)N)cc1Cl. The molecule has 0 saturated carbocycles. The second-order valence-corrected chi connectivity index (χ2v) is 5.20. The molecule has 0 aliphatic carbocycles. The molecule has 0 fully saturated rings. The fourth-order valence-electron chi connectivity index (χ4n) is 1.47. The lowest BCUT2D eigenvalue weighted by molar-refractivity contribution is -0.117. The van der Waals surface area contributed by atoms with E-state index in [1.54, 1.807) is 32.0 Å². The zero-order valence-electron chi connectivity index (χ0n) is 10.9. The Bertz CT molecular complexity index is 427. The van der Waals surface area contributed by atoms with E-state index in [-0.39, 0.29) is 12.3 Å². The Morgan fingerprint density at radius 2 is 2.17 bits per heavy atom. The van der Waals surface area contributed by atoms with E-state index in [0.717, 1.165) is 0 Å². The molecular weight excluding hydrogens is 252 g/mol. The third kappa shape index (κ3) is 4.94.